The number of ether oxygens (including phenoxy) is 1. The van der Waals surface area contributed by atoms with Gasteiger partial charge < -0.3 is 9.64 Å². The molecule has 0 aliphatic carbocycles. The van der Waals surface area contributed by atoms with Crippen LogP contribution >= 0.6 is 11.3 Å². The molecule has 0 spiro atoms. The molecule has 0 amide bonds. The first kappa shape index (κ1) is 17.0. The summed E-state index contributed by atoms with van der Waals surface area (Å²) in [5.41, 5.74) is 3.20. The molecule has 28 heavy (non-hydrogen) atoms. The number of hydrogen-bond acceptors (Lipinski definition) is 5. The third-order valence-electron chi connectivity index (χ3n) is 4.89. The van der Waals surface area contributed by atoms with Crippen LogP contribution in [0.1, 0.15) is 10.4 Å². The number of anilines is 1. The normalized spacial score (nSPS) is 13.4. The fraction of sp³-hybridized carbons (Fsp3) is 0.130. The summed E-state index contributed by atoms with van der Waals surface area (Å²) >= 11 is 1.79. The smallest absolute Gasteiger partial charge is 0.159 e. The highest BCUT2D eigenvalue weighted by Crippen LogP contribution is 2.36. The minimum Gasteiger partial charge on any atom is -0.457 e. The molecule has 138 valence electrons. The average molecular weight is 385 g/mol. The number of thiophene rings is 1. The van der Waals surface area contributed by atoms with Gasteiger partial charge >= 0.3 is 0 Å². The van der Waals surface area contributed by atoms with Gasteiger partial charge in [-0.25, -0.2) is 9.97 Å². The van der Waals surface area contributed by atoms with Crippen LogP contribution in [0.25, 0.3) is 27.2 Å². The molecule has 0 unspecified atom stereocenters. The van der Waals surface area contributed by atoms with E-state index in [-0.39, 0.29) is 0 Å². The maximum Gasteiger partial charge on any atom is 0.159 e. The molecule has 0 bridgehead atoms. The zero-order valence-electron chi connectivity index (χ0n) is 15.7. The number of benzene rings is 2. The van der Waals surface area contributed by atoms with Crippen molar-refractivity contribution in [1.82, 2.24) is 9.97 Å². The highest BCUT2D eigenvalue weighted by molar-refractivity contribution is 7.19. The minimum absolute atomic E-state index is 0.731. The lowest BCUT2D eigenvalue weighted by Gasteiger charge is -2.27. The van der Waals surface area contributed by atoms with E-state index in [1.165, 1.54) is 15.0 Å². The van der Waals surface area contributed by atoms with Gasteiger partial charge in [0.25, 0.3) is 0 Å². The summed E-state index contributed by atoms with van der Waals surface area (Å²) in [6.45, 7) is 2.93. The quantitative estimate of drug-likeness (QED) is 0.464. The van der Waals surface area contributed by atoms with Gasteiger partial charge in [-0.2, -0.15) is 0 Å². The molecule has 1 aliphatic rings. The van der Waals surface area contributed by atoms with Crippen LogP contribution in [-0.4, -0.2) is 23.6 Å². The van der Waals surface area contributed by atoms with Crippen LogP contribution in [0.15, 0.2) is 67.0 Å². The topological polar surface area (TPSA) is 38.2 Å². The highest BCUT2D eigenvalue weighted by Gasteiger charge is 2.19. The van der Waals surface area contributed by atoms with E-state index < -0.39 is 0 Å². The van der Waals surface area contributed by atoms with Crippen molar-refractivity contribution < 1.29 is 4.74 Å². The molecular weight excluding hydrogens is 366 g/mol. The molecule has 0 saturated carbocycles. The molecule has 3 heterocycles. The van der Waals surface area contributed by atoms with Gasteiger partial charge in [-0.1, -0.05) is 6.07 Å². The summed E-state index contributed by atoms with van der Waals surface area (Å²) in [4.78, 5) is 12.3. The summed E-state index contributed by atoms with van der Waals surface area (Å²) < 4.78 is 7.55. The van der Waals surface area contributed by atoms with E-state index in [1.54, 1.807) is 23.7 Å². The Bertz CT molecular complexity index is 1200. The van der Waals surface area contributed by atoms with Gasteiger partial charge in [-0.3, -0.25) is 0 Å². The van der Waals surface area contributed by atoms with Crippen molar-refractivity contribution in [2.24, 2.45) is 0 Å². The minimum atomic E-state index is 0.731. The van der Waals surface area contributed by atoms with E-state index in [0.717, 1.165) is 40.7 Å². The Kier molecular flexibility index (Phi) is 4.10. The van der Waals surface area contributed by atoms with Gasteiger partial charge in [0, 0.05) is 52.4 Å². The molecule has 2 aromatic heterocycles. The second kappa shape index (κ2) is 6.77. The molecule has 0 fully saturated rings. The van der Waals surface area contributed by atoms with E-state index in [1.807, 2.05) is 12.1 Å². The Balaban J connectivity index is 1.50. The Morgan fingerprint density at radius 2 is 1.89 bits per heavy atom. The van der Waals surface area contributed by atoms with Gasteiger partial charge in [0.2, 0.25) is 0 Å². The predicted molar refractivity (Wildman–Crippen MR) is 116 cm³/mol. The van der Waals surface area contributed by atoms with E-state index in [0.29, 0.717) is 0 Å². The van der Waals surface area contributed by atoms with Crippen molar-refractivity contribution >= 4 is 32.9 Å². The van der Waals surface area contributed by atoms with Crippen molar-refractivity contribution in [1.29, 1.82) is 0 Å². The summed E-state index contributed by atoms with van der Waals surface area (Å²) in [7, 11) is 2.09. The van der Waals surface area contributed by atoms with Gasteiger partial charge in [0.1, 0.15) is 11.5 Å². The lowest BCUT2D eigenvalue weighted by atomic mass is 10.0. The first-order chi connectivity index (χ1) is 13.7. The van der Waals surface area contributed by atoms with Crippen LogP contribution in [0.2, 0.25) is 0 Å². The molecule has 0 saturated heterocycles. The van der Waals surface area contributed by atoms with Gasteiger partial charge in [0.05, 0.1) is 0 Å². The number of hydrogen-bond donors (Lipinski definition) is 0. The number of fused-ring (bicyclic) bond motifs is 2. The molecule has 0 radical (unpaired) electrons. The average Bonchev–Trinajstić information content (AvgIpc) is 3.10. The molecule has 0 atom stereocenters. The molecule has 4 aromatic rings. The second-order valence-corrected chi connectivity index (χ2v) is 8.20. The lowest BCUT2D eigenvalue weighted by Crippen LogP contribution is -2.23. The van der Waals surface area contributed by atoms with E-state index >= 15 is 0 Å². The number of likely N-dealkylation sites (N-methyl/N-ethyl adjacent to an activating group) is 1. The predicted octanol–water partition coefficient (Wildman–Crippen LogP) is 5.54. The molecule has 5 heteroatoms. The van der Waals surface area contributed by atoms with Crippen LogP contribution in [0, 0.1) is 6.92 Å². The third kappa shape index (κ3) is 3.04. The van der Waals surface area contributed by atoms with Crippen molar-refractivity contribution in [2.75, 3.05) is 18.5 Å². The molecule has 2 aromatic carbocycles. The van der Waals surface area contributed by atoms with E-state index in [2.05, 4.69) is 71.3 Å². The SMILES string of the molecule is Cc1cc2ccc(OC3=CCN(C)c4cc(-c5ncccn5)ccc43)cc2s1. The van der Waals surface area contributed by atoms with Crippen LogP contribution in [0.4, 0.5) is 5.69 Å². The Labute approximate surface area is 167 Å². The maximum absolute atomic E-state index is 6.30. The van der Waals surface area contributed by atoms with E-state index in [9.17, 15) is 0 Å². The fourth-order valence-corrected chi connectivity index (χ4v) is 4.46. The van der Waals surface area contributed by atoms with Crippen LogP contribution in [-0.2, 0) is 0 Å². The summed E-state index contributed by atoms with van der Waals surface area (Å²) in [6, 6.07) is 16.6. The van der Waals surface area contributed by atoms with Gasteiger partial charge in [0.15, 0.2) is 5.82 Å². The van der Waals surface area contributed by atoms with Gasteiger partial charge in [-0.05, 0) is 60.9 Å². The largest absolute Gasteiger partial charge is 0.457 e. The fourth-order valence-electron chi connectivity index (χ4n) is 3.50. The highest BCUT2D eigenvalue weighted by atomic mass is 32.1. The number of aromatic nitrogens is 2. The van der Waals surface area contributed by atoms with Crippen LogP contribution in [0.3, 0.4) is 0 Å². The van der Waals surface area contributed by atoms with Crippen molar-refractivity contribution in [2.45, 2.75) is 6.92 Å². The Morgan fingerprint density at radius 1 is 1.04 bits per heavy atom. The van der Waals surface area contributed by atoms with E-state index in [4.69, 9.17) is 4.74 Å². The van der Waals surface area contributed by atoms with Crippen molar-refractivity contribution in [3.05, 3.63) is 77.4 Å². The monoisotopic (exact) mass is 385 g/mol. The van der Waals surface area contributed by atoms with Crippen LogP contribution in [0.5, 0.6) is 5.75 Å². The first-order valence-electron chi connectivity index (χ1n) is 9.18. The summed E-state index contributed by atoms with van der Waals surface area (Å²) in [5.74, 6) is 2.49. The van der Waals surface area contributed by atoms with Crippen molar-refractivity contribution in [3.8, 4) is 17.1 Å². The zero-order valence-corrected chi connectivity index (χ0v) is 16.5. The standard InChI is InChI=1S/C23H19N3OS/c1-15-12-16-4-6-18(14-22(16)28-15)27-21-8-11-26(2)20-13-17(5-7-19(20)21)23-24-9-3-10-25-23/h3-10,12-14H,11H2,1-2H3. The summed E-state index contributed by atoms with van der Waals surface area (Å²) in [5, 5.41) is 1.26. The Morgan fingerprint density at radius 3 is 2.75 bits per heavy atom. The summed E-state index contributed by atoms with van der Waals surface area (Å²) in [6.07, 6.45) is 5.66. The molecule has 0 N–H and O–H groups in total. The molecule has 4 nitrogen and oxygen atoms in total. The Hall–Kier alpha value is -3.18. The zero-order chi connectivity index (χ0) is 19.1. The number of nitrogens with zero attached hydrogens (tertiary/aromatic N) is 3. The third-order valence-corrected chi connectivity index (χ3v) is 5.90. The lowest BCUT2D eigenvalue weighted by molar-refractivity contribution is 0.512. The first-order valence-corrected chi connectivity index (χ1v) is 10.0. The maximum atomic E-state index is 6.30. The molecule has 5 rings (SSSR count). The molecule has 1 aliphatic heterocycles. The molecular formula is C23H19N3OS. The van der Waals surface area contributed by atoms with Gasteiger partial charge in [-0.15, -0.1) is 11.3 Å². The number of rotatable bonds is 3. The number of aryl methyl sites for hydroxylation is 1. The second-order valence-electron chi connectivity index (χ2n) is 6.91. The van der Waals surface area contributed by atoms with Crippen molar-refractivity contribution in [3.63, 3.8) is 0 Å². The van der Waals surface area contributed by atoms with Crippen LogP contribution < -0.4 is 9.64 Å².